The van der Waals surface area contributed by atoms with E-state index in [9.17, 15) is 23.3 Å². The fourth-order valence-electron chi connectivity index (χ4n) is 2.93. The number of nitro benzene ring substituents is 1. The molecule has 1 fully saturated rings. The van der Waals surface area contributed by atoms with E-state index in [1.165, 1.54) is 36.4 Å². The molecule has 142 valence electrons. The van der Waals surface area contributed by atoms with Gasteiger partial charge in [-0.2, -0.15) is 4.31 Å². The minimum atomic E-state index is -3.92. The molecule has 0 saturated carbocycles. The van der Waals surface area contributed by atoms with Crippen molar-refractivity contribution in [1.82, 2.24) is 4.31 Å². The molecule has 9 heteroatoms. The third kappa shape index (κ3) is 3.56. The number of rotatable bonds is 6. The molecule has 1 heterocycles. The minimum Gasteiger partial charge on any atom is -0.465 e. The fraction of sp³-hybridized carbons (Fsp3) is 0.278. The van der Waals surface area contributed by atoms with E-state index in [-0.39, 0.29) is 17.2 Å². The highest BCUT2D eigenvalue weighted by Crippen LogP contribution is 2.48. The highest BCUT2D eigenvalue weighted by Gasteiger charge is 2.61. The van der Waals surface area contributed by atoms with Crippen molar-refractivity contribution in [3.05, 3.63) is 69.8 Å². The molecule has 0 radical (unpaired) electrons. The van der Waals surface area contributed by atoms with E-state index in [4.69, 9.17) is 4.74 Å². The molecule has 3 rings (SSSR count). The summed E-state index contributed by atoms with van der Waals surface area (Å²) in [7, 11) is -3.92. The summed E-state index contributed by atoms with van der Waals surface area (Å²) in [4.78, 5) is 22.6. The first-order valence-corrected chi connectivity index (χ1v) is 9.72. The van der Waals surface area contributed by atoms with Gasteiger partial charge < -0.3 is 4.74 Å². The molecule has 3 atom stereocenters. The largest absolute Gasteiger partial charge is 0.465 e. The summed E-state index contributed by atoms with van der Waals surface area (Å²) in [5.74, 6) is -0.642. The van der Waals surface area contributed by atoms with Crippen molar-refractivity contribution in [2.24, 2.45) is 0 Å². The van der Waals surface area contributed by atoms with E-state index in [2.05, 4.69) is 0 Å². The molecule has 0 spiro atoms. The molecule has 27 heavy (non-hydrogen) atoms. The van der Waals surface area contributed by atoms with E-state index in [1.54, 1.807) is 19.1 Å². The third-order valence-corrected chi connectivity index (χ3v) is 6.20. The molecule has 0 N–H and O–H groups in total. The summed E-state index contributed by atoms with van der Waals surface area (Å²) in [6, 6.07) is 10.1. The second-order valence-electron chi connectivity index (χ2n) is 6.14. The number of hydrogen-bond donors (Lipinski definition) is 0. The second-order valence-corrected chi connectivity index (χ2v) is 7.98. The zero-order valence-electron chi connectivity index (χ0n) is 14.7. The molecule has 1 aliphatic rings. The lowest BCUT2D eigenvalue weighted by atomic mass is 10.1. The van der Waals surface area contributed by atoms with Gasteiger partial charge in [-0.05, 0) is 31.5 Å². The van der Waals surface area contributed by atoms with E-state index in [1.807, 2.05) is 6.92 Å². The molecule has 1 unspecified atom stereocenters. The number of ether oxygens (including phenoxy) is 1. The number of non-ortho nitro benzene ring substituents is 1. The Kier molecular flexibility index (Phi) is 4.99. The van der Waals surface area contributed by atoms with Crippen LogP contribution in [0.2, 0.25) is 0 Å². The van der Waals surface area contributed by atoms with Gasteiger partial charge in [-0.3, -0.25) is 14.9 Å². The smallest absolute Gasteiger partial charge is 0.326 e. The SMILES string of the molecule is CCOC(=O)[C@H]1[C@@H](c2ccc([N+](=O)[O-])cc2)N1S(=O)(=O)c1ccc(C)cc1. The van der Waals surface area contributed by atoms with Crippen LogP contribution in [0.4, 0.5) is 5.69 Å². The third-order valence-electron chi connectivity index (χ3n) is 4.33. The number of sulfonamides is 1. The van der Waals surface area contributed by atoms with Crippen molar-refractivity contribution in [2.75, 3.05) is 6.61 Å². The van der Waals surface area contributed by atoms with Crippen LogP contribution >= 0.6 is 0 Å². The Morgan fingerprint density at radius 3 is 2.26 bits per heavy atom. The number of aryl methyl sites for hydroxylation is 1. The number of carbonyl (C=O) groups excluding carboxylic acids is 1. The second kappa shape index (κ2) is 7.09. The molecule has 2 aromatic rings. The molecule has 0 aromatic heterocycles. The van der Waals surface area contributed by atoms with E-state index in [0.717, 1.165) is 9.87 Å². The number of nitro groups is 1. The van der Waals surface area contributed by atoms with E-state index >= 15 is 0 Å². The standard InChI is InChI=1S/C18H18N2O6S/c1-3-26-18(21)17-16(13-6-8-14(9-7-13)20(22)23)19(17)27(24,25)15-10-4-12(2)5-11-15/h4-11,16-17H,3H2,1-2H3/t16-,17-,19?/m1/s1. The molecule has 1 aliphatic heterocycles. The summed E-state index contributed by atoms with van der Waals surface area (Å²) in [5, 5.41) is 10.8. The van der Waals surface area contributed by atoms with E-state index in [0.29, 0.717) is 5.56 Å². The van der Waals surface area contributed by atoms with Crippen molar-refractivity contribution < 1.29 is 22.9 Å². The van der Waals surface area contributed by atoms with Gasteiger partial charge in [-0.15, -0.1) is 0 Å². The van der Waals surface area contributed by atoms with Crippen LogP contribution in [0.25, 0.3) is 0 Å². The highest BCUT2D eigenvalue weighted by atomic mass is 32.2. The van der Waals surface area contributed by atoms with Crippen molar-refractivity contribution >= 4 is 21.7 Å². The summed E-state index contributed by atoms with van der Waals surface area (Å²) in [5.41, 5.74) is 1.29. The quantitative estimate of drug-likeness (QED) is 0.325. The number of nitrogens with zero attached hydrogens (tertiary/aromatic N) is 2. The van der Waals surface area contributed by atoms with Crippen molar-refractivity contribution in [3.63, 3.8) is 0 Å². The van der Waals surface area contributed by atoms with Crippen LogP contribution in [0.5, 0.6) is 0 Å². The first-order chi connectivity index (χ1) is 12.8. The number of carbonyl (C=O) groups is 1. The first-order valence-electron chi connectivity index (χ1n) is 8.28. The zero-order chi connectivity index (χ0) is 19.8. The molecule has 1 saturated heterocycles. The topological polar surface area (TPSA) is 107 Å². The van der Waals surface area contributed by atoms with Gasteiger partial charge >= 0.3 is 5.97 Å². The number of benzene rings is 2. The molecule has 8 nitrogen and oxygen atoms in total. The summed E-state index contributed by atoms with van der Waals surface area (Å²) in [6.07, 6.45) is 0. The van der Waals surface area contributed by atoms with Crippen molar-refractivity contribution in [1.29, 1.82) is 0 Å². The molecular formula is C18H18N2O6S. The van der Waals surface area contributed by atoms with Gasteiger partial charge in [0.1, 0.15) is 6.04 Å². The minimum absolute atomic E-state index is 0.0758. The van der Waals surface area contributed by atoms with Gasteiger partial charge in [-0.25, -0.2) is 8.42 Å². The Morgan fingerprint density at radius 2 is 1.74 bits per heavy atom. The van der Waals surface area contributed by atoms with Crippen LogP contribution in [0.3, 0.4) is 0 Å². The zero-order valence-corrected chi connectivity index (χ0v) is 15.5. The van der Waals surface area contributed by atoms with Gasteiger partial charge in [0.15, 0.2) is 0 Å². The lowest BCUT2D eigenvalue weighted by Crippen LogP contribution is -2.21. The maximum Gasteiger partial charge on any atom is 0.326 e. The normalized spacial score (nSPS) is 21.5. The predicted octanol–water partition coefficient (Wildman–Crippen LogP) is 2.58. The van der Waals surface area contributed by atoms with E-state index < -0.39 is 33.0 Å². The Hall–Kier alpha value is -2.78. The van der Waals surface area contributed by atoms with Crippen molar-refractivity contribution in [2.45, 2.75) is 30.8 Å². The van der Waals surface area contributed by atoms with Crippen LogP contribution < -0.4 is 0 Å². The molecular weight excluding hydrogens is 372 g/mol. The molecule has 0 amide bonds. The van der Waals surface area contributed by atoms with Gasteiger partial charge in [0.25, 0.3) is 5.69 Å². The average Bonchev–Trinajstić information content (AvgIpc) is 3.39. The highest BCUT2D eigenvalue weighted by molar-refractivity contribution is 7.89. The first kappa shape index (κ1) is 19.0. The number of hydrogen-bond acceptors (Lipinski definition) is 6. The molecule has 0 aliphatic carbocycles. The van der Waals surface area contributed by atoms with Gasteiger partial charge in [0.05, 0.1) is 22.5 Å². The lowest BCUT2D eigenvalue weighted by Gasteiger charge is -2.07. The van der Waals surface area contributed by atoms with Crippen LogP contribution in [0, 0.1) is 17.0 Å². The lowest BCUT2D eigenvalue weighted by molar-refractivity contribution is -0.384. The van der Waals surface area contributed by atoms with Gasteiger partial charge in [-0.1, -0.05) is 29.8 Å². The Labute approximate surface area is 156 Å². The summed E-state index contributed by atoms with van der Waals surface area (Å²) >= 11 is 0. The van der Waals surface area contributed by atoms with Crippen LogP contribution in [0.15, 0.2) is 53.4 Å². The maximum absolute atomic E-state index is 13.0. The Bertz CT molecular complexity index is 970. The molecule has 0 bridgehead atoms. The summed E-state index contributed by atoms with van der Waals surface area (Å²) in [6.45, 7) is 3.61. The van der Waals surface area contributed by atoms with Crippen LogP contribution in [-0.2, 0) is 19.6 Å². The maximum atomic E-state index is 13.0. The van der Waals surface area contributed by atoms with Gasteiger partial charge in [0, 0.05) is 12.1 Å². The van der Waals surface area contributed by atoms with Gasteiger partial charge in [0.2, 0.25) is 10.0 Å². The fourth-order valence-corrected chi connectivity index (χ4v) is 4.63. The summed E-state index contributed by atoms with van der Waals surface area (Å²) < 4.78 is 32.1. The number of esters is 1. The van der Waals surface area contributed by atoms with Crippen molar-refractivity contribution in [3.8, 4) is 0 Å². The molecule has 2 aromatic carbocycles. The predicted molar refractivity (Wildman–Crippen MR) is 96.5 cm³/mol. The monoisotopic (exact) mass is 390 g/mol. The van der Waals surface area contributed by atoms with Crippen LogP contribution in [-0.4, -0.2) is 36.3 Å². The Balaban J connectivity index is 1.97. The Morgan fingerprint density at radius 1 is 1.15 bits per heavy atom. The average molecular weight is 390 g/mol. The van der Waals surface area contributed by atoms with Crippen LogP contribution in [0.1, 0.15) is 24.1 Å².